The Morgan fingerprint density at radius 3 is 2.82 bits per heavy atom. The molecule has 0 saturated carbocycles. The van der Waals surface area contributed by atoms with Crippen LogP contribution in [0, 0.1) is 12.8 Å². The lowest BCUT2D eigenvalue weighted by molar-refractivity contribution is 0.168. The van der Waals surface area contributed by atoms with Crippen LogP contribution in [0.5, 0.6) is 0 Å². The van der Waals surface area contributed by atoms with Gasteiger partial charge in [-0.1, -0.05) is 10.3 Å². The molecule has 2 amide bonds. The van der Waals surface area contributed by atoms with Crippen molar-refractivity contribution in [2.45, 2.75) is 32.7 Å². The molecular formula is C18H21N7O3. The van der Waals surface area contributed by atoms with E-state index in [0.29, 0.717) is 36.6 Å². The second-order valence-corrected chi connectivity index (χ2v) is 6.78. The van der Waals surface area contributed by atoms with Gasteiger partial charge in [0.2, 0.25) is 17.6 Å². The molecular weight excluding hydrogens is 362 g/mol. The van der Waals surface area contributed by atoms with Crippen molar-refractivity contribution >= 4 is 6.03 Å². The predicted molar refractivity (Wildman–Crippen MR) is 96.8 cm³/mol. The van der Waals surface area contributed by atoms with Crippen LogP contribution in [0.1, 0.15) is 30.4 Å². The molecule has 0 spiro atoms. The molecule has 28 heavy (non-hydrogen) atoms. The van der Waals surface area contributed by atoms with E-state index in [-0.39, 0.29) is 12.6 Å². The molecule has 10 nitrogen and oxygen atoms in total. The SMILES string of the molecule is Cc1nc(CC2CCN(C(=O)NCc3nc(-c4cccnc4)no3)CC2)no1. The van der Waals surface area contributed by atoms with Crippen LogP contribution in [0.4, 0.5) is 4.79 Å². The van der Waals surface area contributed by atoms with Gasteiger partial charge in [-0.2, -0.15) is 9.97 Å². The fourth-order valence-corrected chi connectivity index (χ4v) is 3.22. The highest BCUT2D eigenvalue weighted by Gasteiger charge is 2.24. The van der Waals surface area contributed by atoms with E-state index < -0.39 is 0 Å². The zero-order chi connectivity index (χ0) is 19.3. The highest BCUT2D eigenvalue weighted by Crippen LogP contribution is 2.21. The van der Waals surface area contributed by atoms with Crippen LogP contribution >= 0.6 is 0 Å². The number of pyridine rings is 1. The van der Waals surface area contributed by atoms with E-state index in [0.717, 1.165) is 30.7 Å². The molecule has 1 saturated heterocycles. The molecule has 1 N–H and O–H groups in total. The van der Waals surface area contributed by atoms with Crippen LogP contribution in [0.15, 0.2) is 33.6 Å². The highest BCUT2D eigenvalue weighted by molar-refractivity contribution is 5.74. The van der Waals surface area contributed by atoms with Crippen LogP contribution in [0.25, 0.3) is 11.4 Å². The lowest BCUT2D eigenvalue weighted by Crippen LogP contribution is -2.44. The third-order valence-corrected chi connectivity index (χ3v) is 4.72. The van der Waals surface area contributed by atoms with Crippen molar-refractivity contribution in [1.29, 1.82) is 0 Å². The van der Waals surface area contributed by atoms with Crippen molar-refractivity contribution in [2.75, 3.05) is 13.1 Å². The Labute approximate surface area is 161 Å². The Bertz CT molecular complexity index is 916. The molecule has 0 radical (unpaired) electrons. The largest absolute Gasteiger partial charge is 0.340 e. The summed E-state index contributed by atoms with van der Waals surface area (Å²) in [4.78, 5) is 26.8. The molecule has 0 aliphatic carbocycles. The topological polar surface area (TPSA) is 123 Å². The van der Waals surface area contributed by atoms with Crippen molar-refractivity contribution in [3.05, 3.63) is 42.1 Å². The summed E-state index contributed by atoms with van der Waals surface area (Å²) in [5.41, 5.74) is 0.766. The number of nitrogens with one attached hydrogen (secondary N) is 1. The summed E-state index contributed by atoms with van der Waals surface area (Å²) in [5, 5.41) is 10.7. The minimum Gasteiger partial charge on any atom is -0.340 e. The van der Waals surface area contributed by atoms with Gasteiger partial charge >= 0.3 is 6.03 Å². The summed E-state index contributed by atoms with van der Waals surface area (Å²) in [6.45, 7) is 3.36. The third-order valence-electron chi connectivity index (χ3n) is 4.72. The number of piperidine rings is 1. The number of rotatable bonds is 5. The molecule has 0 unspecified atom stereocenters. The summed E-state index contributed by atoms with van der Waals surface area (Å²) < 4.78 is 10.2. The molecule has 4 heterocycles. The van der Waals surface area contributed by atoms with E-state index in [1.807, 2.05) is 6.07 Å². The molecule has 3 aromatic rings. The van der Waals surface area contributed by atoms with E-state index in [4.69, 9.17) is 9.05 Å². The lowest BCUT2D eigenvalue weighted by atomic mass is 9.93. The van der Waals surface area contributed by atoms with Crippen LogP contribution < -0.4 is 5.32 Å². The zero-order valence-electron chi connectivity index (χ0n) is 15.5. The van der Waals surface area contributed by atoms with Gasteiger partial charge in [0.15, 0.2) is 5.82 Å². The van der Waals surface area contributed by atoms with E-state index in [1.54, 1.807) is 30.3 Å². The first-order valence-corrected chi connectivity index (χ1v) is 9.22. The number of hydrogen-bond acceptors (Lipinski definition) is 8. The molecule has 10 heteroatoms. The normalized spacial score (nSPS) is 15.0. The number of amides is 2. The number of hydrogen-bond donors (Lipinski definition) is 1. The first-order valence-electron chi connectivity index (χ1n) is 9.22. The number of carbonyl (C=O) groups is 1. The van der Waals surface area contributed by atoms with E-state index >= 15 is 0 Å². The minimum atomic E-state index is -0.130. The van der Waals surface area contributed by atoms with Crippen molar-refractivity contribution in [3.63, 3.8) is 0 Å². The van der Waals surface area contributed by atoms with Gasteiger partial charge in [-0.3, -0.25) is 4.98 Å². The molecule has 3 aromatic heterocycles. The minimum absolute atomic E-state index is 0.130. The first kappa shape index (κ1) is 18.1. The van der Waals surface area contributed by atoms with Gasteiger partial charge in [0.05, 0.1) is 6.54 Å². The number of carbonyl (C=O) groups excluding carboxylic acids is 1. The zero-order valence-corrected chi connectivity index (χ0v) is 15.5. The quantitative estimate of drug-likeness (QED) is 0.709. The first-order chi connectivity index (χ1) is 13.7. The lowest BCUT2D eigenvalue weighted by Gasteiger charge is -2.31. The van der Waals surface area contributed by atoms with Gasteiger partial charge in [0, 0.05) is 44.4 Å². The smallest absolute Gasteiger partial charge is 0.317 e. The van der Waals surface area contributed by atoms with Gasteiger partial charge in [0.1, 0.15) is 0 Å². The van der Waals surface area contributed by atoms with Crippen molar-refractivity contribution in [1.82, 2.24) is 35.5 Å². The molecule has 1 aliphatic heterocycles. The van der Waals surface area contributed by atoms with Gasteiger partial charge in [-0.05, 0) is 30.9 Å². The van der Waals surface area contributed by atoms with Crippen molar-refractivity contribution in [2.24, 2.45) is 5.92 Å². The standard InChI is InChI=1S/C18H21N7O3/c1-12-21-15(23-27-12)9-13-4-7-25(8-5-13)18(26)20-11-16-22-17(24-28-16)14-3-2-6-19-10-14/h2-3,6,10,13H,4-5,7-9,11H2,1H3,(H,20,26). The van der Waals surface area contributed by atoms with Crippen molar-refractivity contribution < 1.29 is 13.8 Å². The second kappa shape index (κ2) is 8.15. The molecule has 0 atom stereocenters. The van der Waals surface area contributed by atoms with Gasteiger partial charge in [-0.25, -0.2) is 4.79 Å². The monoisotopic (exact) mass is 383 g/mol. The van der Waals surface area contributed by atoms with Crippen LogP contribution in [-0.2, 0) is 13.0 Å². The molecule has 1 aliphatic rings. The maximum absolute atomic E-state index is 12.4. The maximum Gasteiger partial charge on any atom is 0.317 e. The molecule has 4 rings (SSSR count). The number of aromatic nitrogens is 5. The maximum atomic E-state index is 12.4. The Morgan fingerprint density at radius 1 is 1.25 bits per heavy atom. The molecule has 146 valence electrons. The van der Waals surface area contributed by atoms with Gasteiger partial charge in [0.25, 0.3) is 0 Å². The average Bonchev–Trinajstić information content (AvgIpc) is 3.36. The number of urea groups is 1. The summed E-state index contributed by atoms with van der Waals surface area (Å²) in [6, 6.07) is 3.52. The van der Waals surface area contributed by atoms with Crippen LogP contribution in [-0.4, -0.2) is 49.3 Å². The molecule has 1 fully saturated rings. The van der Waals surface area contributed by atoms with Crippen LogP contribution in [0.3, 0.4) is 0 Å². The van der Waals surface area contributed by atoms with Gasteiger partial charge in [-0.15, -0.1) is 0 Å². The number of aryl methyl sites for hydroxylation is 1. The third kappa shape index (κ3) is 4.33. The summed E-state index contributed by atoms with van der Waals surface area (Å²) in [6.07, 6.45) is 5.94. The summed E-state index contributed by atoms with van der Waals surface area (Å²) in [7, 11) is 0. The van der Waals surface area contributed by atoms with E-state index in [2.05, 4.69) is 30.6 Å². The number of nitrogens with zero attached hydrogens (tertiary/aromatic N) is 6. The second-order valence-electron chi connectivity index (χ2n) is 6.78. The Kier molecular flexibility index (Phi) is 5.27. The fraction of sp³-hybridized carbons (Fsp3) is 0.444. The molecule has 0 bridgehead atoms. The summed E-state index contributed by atoms with van der Waals surface area (Å²) in [5.74, 6) is 2.59. The Morgan fingerprint density at radius 2 is 2.11 bits per heavy atom. The van der Waals surface area contributed by atoms with E-state index in [9.17, 15) is 4.79 Å². The number of likely N-dealkylation sites (tertiary alicyclic amines) is 1. The Balaban J connectivity index is 1.23. The highest BCUT2D eigenvalue weighted by atomic mass is 16.5. The Hall–Kier alpha value is -3.30. The van der Waals surface area contributed by atoms with E-state index in [1.165, 1.54) is 0 Å². The molecule has 0 aromatic carbocycles. The fourth-order valence-electron chi connectivity index (χ4n) is 3.22. The average molecular weight is 383 g/mol. The van der Waals surface area contributed by atoms with Crippen LogP contribution in [0.2, 0.25) is 0 Å². The van der Waals surface area contributed by atoms with Crippen molar-refractivity contribution in [3.8, 4) is 11.4 Å². The summed E-state index contributed by atoms with van der Waals surface area (Å²) >= 11 is 0. The van der Waals surface area contributed by atoms with Gasteiger partial charge < -0.3 is 19.3 Å². The predicted octanol–water partition coefficient (Wildman–Crippen LogP) is 1.99.